The average Bonchev–Trinajstić information content (AvgIpc) is 3.21. The van der Waals surface area contributed by atoms with E-state index < -0.39 is 103 Å². The Labute approximate surface area is 367 Å². The number of hydrogen-bond donors (Lipinski definition) is 9. The standard InChI is InChI=1S/C43H78N6O13/c1-5-6-7-8-9-10-11-12-13-14-15-16-17-18-19-23-34(52)46-26-21-20-22-32(43(59)60)47-35(53)25-24-31(39(45)55)48-40(56)28(2)49(30(4)51)41-36(44)38(61-29(3)42(57)58)37(54)33(27-50)62-41/h28-29,31-33,36-38,41,50,54H,5-27,44H2,1-4H3,(H2,45,55)(H,46,52)(H,47,53)(H,48,56)(H,57,58)(H,59,60)/t28-,29+,31+,32-,33+,36+,37+,38+,41?/m0/s1. The predicted molar refractivity (Wildman–Crippen MR) is 230 cm³/mol. The molecule has 5 amide bonds. The largest absolute Gasteiger partial charge is 0.480 e. The number of carbonyl (C=O) groups excluding carboxylic acids is 5. The van der Waals surface area contributed by atoms with Crippen molar-refractivity contribution in [3.05, 3.63) is 0 Å². The number of nitrogens with zero attached hydrogens (tertiary/aromatic N) is 1. The summed E-state index contributed by atoms with van der Waals surface area (Å²) < 4.78 is 11.1. The zero-order chi connectivity index (χ0) is 46.6. The van der Waals surface area contributed by atoms with Crippen LogP contribution in [0, 0.1) is 0 Å². The maximum atomic E-state index is 13.4. The minimum atomic E-state index is -1.59. The molecule has 1 unspecified atom stereocenters. The lowest BCUT2D eigenvalue weighted by Crippen LogP contribution is -2.70. The molecule has 19 nitrogen and oxygen atoms in total. The van der Waals surface area contributed by atoms with Crippen molar-refractivity contribution in [2.24, 2.45) is 11.5 Å². The molecule has 0 aliphatic carbocycles. The Hall–Kier alpha value is -3.91. The molecule has 358 valence electrons. The number of aliphatic hydroxyl groups is 2. The molecule has 1 heterocycles. The van der Waals surface area contributed by atoms with Crippen molar-refractivity contribution in [2.75, 3.05) is 13.2 Å². The third-order valence-corrected chi connectivity index (χ3v) is 11.3. The predicted octanol–water partition coefficient (Wildman–Crippen LogP) is 2.35. The SMILES string of the molecule is CCCCCCCCCCCCCCCCCC(=O)NCCCC[C@H](NC(=O)CC[C@@H](NC(=O)[C@H](C)N(C(C)=O)C1O[C@H](CO)[C@@H](O)[C@H](O[C@H](C)C(=O)O)[C@H]1N)C(N)=O)C(=O)O. The summed E-state index contributed by atoms with van der Waals surface area (Å²) in [6.07, 6.45) is 12.1. The van der Waals surface area contributed by atoms with Crippen molar-refractivity contribution in [1.29, 1.82) is 0 Å². The highest BCUT2D eigenvalue weighted by Gasteiger charge is 2.49. The Morgan fingerprint density at radius 2 is 1.27 bits per heavy atom. The highest BCUT2D eigenvalue weighted by atomic mass is 16.6. The molecular weight excluding hydrogens is 809 g/mol. The number of aliphatic hydroxyl groups excluding tert-OH is 2. The van der Waals surface area contributed by atoms with Gasteiger partial charge in [0.1, 0.15) is 36.4 Å². The zero-order valence-corrected chi connectivity index (χ0v) is 37.5. The van der Waals surface area contributed by atoms with Crippen LogP contribution in [0.1, 0.15) is 163 Å². The number of aliphatic carboxylic acids is 2. The van der Waals surface area contributed by atoms with Crippen LogP contribution in [-0.4, -0.2) is 135 Å². The van der Waals surface area contributed by atoms with Gasteiger partial charge >= 0.3 is 11.9 Å². The molecule has 1 saturated heterocycles. The fraction of sp³-hybridized carbons (Fsp3) is 0.837. The lowest BCUT2D eigenvalue weighted by atomic mass is 9.94. The fourth-order valence-electron chi connectivity index (χ4n) is 7.44. The topological polar surface area (TPSA) is 310 Å². The highest BCUT2D eigenvalue weighted by Crippen LogP contribution is 2.27. The Morgan fingerprint density at radius 1 is 0.726 bits per heavy atom. The Kier molecular flexibility index (Phi) is 28.8. The van der Waals surface area contributed by atoms with Gasteiger partial charge < -0.3 is 62.2 Å². The first-order chi connectivity index (χ1) is 29.5. The molecule has 0 aromatic carbocycles. The first-order valence-electron chi connectivity index (χ1n) is 22.7. The van der Waals surface area contributed by atoms with Gasteiger partial charge in [0.15, 0.2) is 12.3 Å². The number of carboxylic acid groups (broad SMARTS) is 2. The van der Waals surface area contributed by atoms with E-state index in [0.717, 1.165) is 31.1 Å². The number of carbonyl (C=O) groups is 7. The van der Waals surface area contributed by atoms with E-state index in [4.69, 9.17) is 20.9 Å². The van der Waals surface area contributed by atoms with Gasteiger partial charge in [-0.1, -0.05) is 96.8 Å². The van der Waals surface area contributed by atoms with Crippen LogP contribution in [0.15, 0.2) is 0 Å². The molecule has 0 spiro atoms. The molecule has 9 atom stereocenters. The molecule has 1 fully saturated rings. The summed E-state index contributed by atoms with van der Waals surface area (Å²) in [5, 5.41) is 47.1. The number of rotatable bonds is 35. The fourth-order valence-corrected chi connectivity index (χ4v) is 7.44. The van der Waals surface area contributed by atoms with Gasteiger partial charge in [0, 0.05) is 26.3 Å². The van der Waals surface area contributed by atoms with Crippen molar-refractivity contribution >= 4 is 41.5 Å². The summed E-state index contributed by atoms with van der Waals surface area (Å²) >= 11 is 0. The van der Waals surface area contributed by atoms with Gasteiger partial charge in [-0.15, -0.1) is 0 Å². The minimum Gasteiger partial charge on any atom is -0.480 e. The van der Waals surface area contributed by atoms with Gasteiger partial charge in [-0.2, -0.15) is 0 Å². The van der Waals surface area contributed by atoms with E-state index in [9.17, 15) is 54.0 Å². The molecule has 1 aliphatic heterocycles. The summed E-state index contributed by atoms with van der Waals surface area (Å²) in [6, 6.07) is -5.48. The summed E-state index contributed by atoms with van der Waals surface area (Å²) in [5.41, 5.74) is 11.8. The quantitative estimate of drug-likeness (QED) is 0.0413. The molecular formula is C43H78N6O13. The third kappa shape index (κ3) is 21.9. The van der Waals surface area contributed by atoms with Gasteiger partial charge in [0.25, 0.3) is 0 Å². The van der Waals surface area contributed by atoms with Gasteiger partial charge in [0.05, 0.1) is 12.6 Å². The second kappa shape index (κ2) is 31.9. The first-order valence-corrected chi connectivity index (χ1v) is 22.7. The summed E-state index contributed by atoms with van der Waals surface area (Å²) in [6.45, 7) is 5.39. The highest BCUT2D eigenvalue weighted by molar-refractivity contribution is 5.91. The van der Waals surface area contributed by atoms with Gasteiger partial charge in [0.2, 0.25) is 29.5 Å². The van der Waals surface area contributed by atoms with Crippen LogP contribution in [0.5, 0.6) is 0 Å². The van der Waals surface area contributed by atoms with Crippen LogP contribution in [0.4, 0.5) is 0 Å². The van der Waals surface area contributed by atoms with E-state index in [1.807, 2.05) is 0 Å². The molecule has 19 heteroatoms. The number of primary amides is 1. The maximum Gasteiger partial charge on any atom is 0.332 e. The molecule has 0 aromatic heterocycles. The first kappa shape index (κ1) is 56.1. The van der Waals surface area contributed by atoms with Crippen LogP contribution in [-0.2, 0) is 43.0 Å². The Bertz CT molecular complexity index is 1370. The van der Waals surface area contributed by atoms with Gasteiger partial charge in [-0.25, -0.2) is 9.59 Å². The number of nitrogens with two attached hydrogens (primary N) is 2. The van der Waals surface area contributed by atoms with Crippen LogP contribution in [0.3, 0.4) is 0 Å². The van der Waals surface area contributed by atoms with E-state index in [2.05, 4.69) is 22.9 Å². The molecule has 0 saturated carbocycles. The van der Waals surface area contributed by atoms with E-state index in [1.165, 1.54) is 90.9 Å². The molecule has 1 rings (SSSR count). The van der Waals surface area contributed by atoms with Crippen LogP contribution < -0.4 is 27.4 Å². The van der Waals surface area contributed by atoms with Gasteiger partial charge in [-0.3, -0.25) is 24.0 Å². The Morgan fingerprint density at radius 3 is 1.76 bits per heavy atom. The van der Waals surface area contributed by atoms with E-state index in [0.29, 0.717) is 25.8 Å². The van der Waals surface area contributed by atoms with Crippen molar-refractivity contribution in [1.82, 2.24) is 20.9 Å². The maximum absolute atomic E-state index is 13.4. The summed E-state index contributed by atoms with van der Waals surface area (Å²) in [4.78, 5) is 87.8. The van der Waals surface area contributed by atoms with Crippen molar-refractivity contribution in [3.8, 4) is 0 Å². The number of nitrogens with one attached hydrogen (secondary N) is 3. The third-order valence-electron chi connectivity index (χ3n) is 11.3. The smallest absolute Gasteiger partial charge is 0.332 e. The molecule has 0 bridgehead atoms. The molecule has 1 aliphatic rings. The number of amides is 5. The number of hydrogen-bond acceptors (Lipinski definition) is 12. The van der Waals surface area contributed by atoms with E-state index in [1.54, 1.807) is 0 Å². The lowest BCUT2D eigenvalue weighted by Gasteiger charge is -2.48. The van der Waals surface area contributed by atoms with E-state index >= 15 is 0 Å². The van der Waals surface area contributed by atoms with Crippen molar-refractivity contribution in [2.45, 2.75) is 217 Å². The van der Waals surface area contributed by atoms with E-state index in [-0.39, 0.29) is 18.7 Å². The van der Waals surface area contributed by atoms with Crippen LogP contribution >= 0.6 is 0 Å². The number of unbranched alkanes of at least 4 members (excludes halogenated alkanes) is 15. The zero-order valence-electron chi connectivity index (χ0n) is 37.5. The lowest BCUT2D eigenvalue weighted by molar-refractivity contribution is -0.245. The second-order valence-corrected chi connectivity index (χ2v) is 16.5. The van der Waals surface area contributed by atoms with Crippen LogP contribution in [0.25, 0.3) is 0 Å². The van der Waals surface area contributed by atoms with Crippen molar-refractivity contribution < 1.29 is 63.5 Å². The Balaban J connectivity index is 2.49. The monoisotopic (exact) mass is 887 g/mol. The molecule has 62 heavy (non-hydrogen) atoms. The second-order valence-electron chi connectivity index (χ2n) is 16.5. The normalized spacial score (nSPS) is 20.6. The van der Waals surface area contributed by atoms with Crippen LogP contribution in [0.2, 0.25) is 0 Å². The van der Waals surface area contributed by atoms with Crippen molar-refractivity contribution in [3.63, 3.8) is 0 Å². The summed E-state index contributed by atoms with van der Waals surface area (Å²) in [7, 11) is 0. The molecule has 0 radical (unpaired) electrons. The molecule has 11 N–H and O–H groups in total. The average molecular weight is 887 g/mol. The number of carboxylic acids is 2. The van der Waals surface area contributed by atoms with Gasteiger partial charge in [-0.05, 0) is 46.0 Å². The number of ether oxygens (including phenoxy) is 2. The summed E-state index contributed by atoms with van der Waals surface area (Å²) in [5.74, 6) is -6.09. The minimum absolute atomic E-state index is 0.0470. The molecule has 0 aromatic rings.